The number of nitrogens with zero attached hydrogens (tertiary/aromatic N) is 2. The van der Waals surface area contributed by atoms with Gasteiger partial charge in [0.25, 0.3) is 11.5 Å². The number of aromatic nitrogens is 2. The average Bonchev–Trinajstić information content (AvgIpc) is 2.83. The number of H-pyrrole nitrogens is 1. The van der Waals surface area contributed by atoms with E-state index >= 15 is 0 Å². The minimum atomic E-state index is -3.27. The lowest BCUT2D eigenvalue weighted by atomic mass is 9.98. The Morgan fingerprint density at radius 1 is 1.50 bits per heavy atom. The van der Waals surface area contributed by atoms with Gasteiger partial charge in [0.05, 0.1) is 12.5 Å². The van der Waals surface area contributed by atoms with Crippen LogP contribution in [0.25, 0.3) is 0 Å². The van der Waals surface area contributed by atoms with Gasteiger partial charge in [0, 0.05) is 25.3 Å². The van der Waals surface area contributed by atoms with E-state index < -0.39 is 15.9 Å². The lowest BCUT2D eigenvalue weighted by Crippen LogP contribution is -2.41. The van der Waals surface area contributed by atoms with Crippen LogP contribution in [0.5, 0.6) is 0 Å². The first-order chi connectivity index (χ1) is 10.3. The van der Waals surface area contributed by atoms with Crippen molar-refractivity contribution in [2.24, 2.45) is 5.92 Å². The normalized spacial score (nSPS) is 22.6. The summed E-state index contributed by atoms with van der Waals surface area (Å²) in [5, 5.41) is 2.82. The van der Waals surface area contributed by atoms with Crippen LogP contribution in [0.3, 0.4) is 0 Å². The van der Waals surface area contributed by atoms with Gasteiger partial charge in [-0.3, -0.25) is 9.59 Å². The van der Waals surface area contributed by atoms with Gasteiger partial charge in [-0.15, -0.1) is 0 Å². The zero-order valence-corrected chi connectivity index (χ0v) is 13.4. The lowest BCUT2D eigenvalue weighted by molar-refractivity contribution is 0.0924. The molecule has 2 heterocycles. The summed E-state index contributed by atoms with van der Waals surface area (Å²) in [6.45, 7) is 2.70. The number of nitrogens with one attached hydrogen (secondary N) is 2. The quantitative estimate of drug-likeness (QED) is 0.761. The second-order valence-corrected chi connectivity index (χ2v) is 7.49. The van der Waals surface area contributed by atoms with Gasteiger partial charge in [0.2, 0.25) is 10.0 Å². The van der Waals surface area contributed by atoms with Crippen LogP contribution in [0.15, 0.2) is 17.2 Å². The second kappa shape index (κ2) is 6.57. The molecule has 0 spiro atoms. The number of hydrogen-bond acceptors (Lipinski definition) is 5. The molecule has 1 aliphatic rings. The Morgan fingerprint density at radius 3 is 2.77 bits per heavy atom. The predicted octanol–water partition coefficient (Wildman–Crippen LogP) is -0.440. The minimum absolute atomic E-state index is 0.0754. The van der Waals surface area contributed by atoms with Crippen molar-refractivity contribution < 1.29 is 13.2 Å². The SMILES string of the molecule is CCC[C@@H]1CN(S(C)(=O)=O)C[C@H]1NC(=O)c1c[nH]c(=O)cn1. The smallest absolute Gasteiger partial charge is 0.271 e. The molecule has 8 nitrogen and oxygen atoms in total. The Kier molecular flexibility index (Phi) is 4.97. The number of sulfonamides is 1. The molecule has 2 N–H and O–H groups in total. The number of aromatic amines is 1. The molecule has 122 valence electrons. The van der Waals surface area contributed by atoms with Crippen molar-refractivity contribution >= 4 is 15.9 Å². The number of rotatable bonds is 5. The van der Waals surface area contributed by atoms with Crippen molar-refractivity contribution in [2.75, 3.05) is 19.3 Å². The summed E-state index contributed by atoms with van der Waals surface area (Å²) in [6, 6.07) is -0.254. The summed E-state index contributed by atoms with van der Waals surface area (Å²) < 4.78 is 24.8. The Hall–Kier alpha value is -1.74. The maximum absolute atomic E-state index is 12.2. The highest BCUT2D eigenvalue weighted by Gasteiger charge is 2.37. The summed E-state index contributed by atoms with van der Waals surface area (Å²) >= 11 is 0. The van der Waals surface area contributed by atoms with Crippen LogP contribution >= 0.6 is 0 Å². The largest absolute Gasteiger partial charge is 0.346 e. The zero-order valence-electron chi connectivity index (χ0n) is 12.6. The Balaban J connectivity index is 2.10. The molecular weight excluding hydrogens is 308 g/mol. The Labute approximate surface area is 129 Å². The Morgan fingerprint density at radius 2 is 2.23 bits per heavy atom. The van der Waals surface area contributed by atoms with E-state index in [1.54, 1.807) is 0 Å². The number of amides is 1. The topological polar surface area (TPSA) is 112 Å². The van der Waals surface area contributed by atoms with Gasteiger partial charge in [0.15, 0.2) is 0 Å². The molecule has 0 saturated carbocycles. The second-order valence-electron chi connectivity index (χ2n) is 5.51. The molecule has 9 heteroatoms. The molecular formula is C13H20N4O4S. The predicted molar refractivity (Wildman–Crippen MR) is 80.9 cm³/mol. The molecule has 1 amide bonds. The summed E-state index contributed by atoms with van der Waals surface area (Å²) in [7, 11) is -3.27. The third-order valence-corrected chi connectivity index (χ3v) is 4.99. The summed E-state index contributed by atoms with van der Waals surface area (Å²) in [4.78, 5) is 29.3. The molecule has 0 aromatic carbocycles. The standard InChI is InChI=1S/C13H20N4O4S/c1-3-4-9-7-17(22(2,20)21)8-11(9)16-13(19)10-5-15-12(18)6-14-10/h5-6,9,11H,3-4,7-8H2,1-2H3,(H,15,18)(H,16,19)/t9-,11-/m1/s1. The summed E-state index contributed by atoms with van der Waals surface area (Å²) in [5.74, 6) is -0.343. The van der Waals surface area contributed by atoms with Gasteiger partial charge in [-0.2, -0.15) is 4.31 Å². The third-order valence-electron chi connectivity index (χ3n) is 3.76. The first kappa shape index (κ1) is 16.6. The highest BCUT2D eigenvalue weighted by Crippen LogP contribution is 2.23. The molecule has 0 aliphatic carbocycles. The lowest BCUT2D eigenvalue weighted by Gasteiger charge is -2.18. The van der Waals surface area contributed by atoms with Gasteiger partial charge in [-0.25, -0.2) is 13.4 Å². The van der Waals surface area contributed by atoms with E-state index in [1.165, 1.54) is 16.8 Å². The fourth-order valence-corrected chi connectivity index (χ4v) is 3.53. The molecule has 2 rings (SSSR count). The Bertz CT molecular complexity index is 680. The molecule has 1 aromatic heterocycles. The van der Waals surface area contributed by atoms with Gasteiger partial charge in [-0.1, -0.05) is 13.3 Å². The van der Waals surface area contributed by atoms with E-state index in [2.05, 4.69) is 15.3 Å². The molecule has 0 unspecified atom stereocenters. The number of carbonyl (C=O) groups excluding carboxylic acids is 1. The van der Waals surface area contributed by atoms with Gasteiger partial charge < -0.3 is 10.3 Å². The van der Waals surface area contributed by atoms with Crippen molar-refractivity contribution in [3.8, 4) is 0 Å². The van der Waals surface area contributed by atoms with E-state index in [1.807, 2.05) is 6.92 Å². The van der Waals surface area contributed by atoms with Crippen molar-refractivity contribution in [1.82, 2.24) is 19.6 Å². The first-order valence-corrected chi connectivity index (χ1v) is 8.96. The molecule has 1 saturated heterocycles. The van der Waals surface area contributed by atoms with E-state index in [0.29, 0.717) is 6.54 Å². The van der Waals surface area contributed by atoms with E-state index in [9.17, 15) is 18.0 Å². The third kappa shape index (κ3) is 3.92. The molecule has 2 atom stereocenters. The van der Waals surface area contributed by atoms with E-state index in [0.717, 1.165) is 19.0 Å². The highest BCUT2D eigenvalue weighted by molar-refractivity contribution is 7.88. The van der Waals surface area contributed by atoms with E-state index in [-0.39, 0.29) is 29.8 Å². The monoisotopic (exact) mass is 328 g/mol. The fraction of sp³-hybridized carbons (Fsp3) is 0.615. The highest BCUT2D eigenvalue weighted by atomic mass is 32.2. The van der Waals surface area contributed by atoms with E-state index in [4.69, 9.17) is 0 Å². The minimum Gasteiger partial charge on any atom is -0.346 e. The number of carbonyl (C=O) groups is 1. The molecule has 22 heavy (non-hydrogen) atoms. The molecule has 1 aliphatic heterocycles. The van der Waals surface area contributed by atoms with Gasteiger partial charge >= 0.3 is 0 Å². The summed E-state index contributed by atoms with van der Waals surface area (Å²) in [6.07, 6.45) is 5.19. The zero-order chi connectivity index (χ0) is 16.3. The van der Waals surface area contributed by atoms with Crippen LogP contribution in [0.4, 0.5) is 0 Å². The van der Waals surface area contributed by atoms with Crippen LogP contribution in [0, 0.1) is 5.92 Å². The maximum atomic E-state index is 12.2. The molecule has 0 radical (unpaired) electrons. The molecule has 1 fully saturated rings. The van der Waals surface area contributed by atoms with Crippen molar-refractivity contribution in [2.45, 2.75) is 25.8 Å². The number of hydrogen-bond donors (Lipinski definition) is 2. The first-order valence-electron chi connectivity index (χ1n) is 7.12. The van der Waals surface area contributed by atoms with Crippen LogP contribution in [-0.2, 0) is 10.0 Å². The molecule has 0 bridgehead atoms. The van der Waals surface area contributed by atoms with Gasteiger partial charge in [-0.05, 0) is 12.3 Å². The fourth-order valence-electron chi connectivity index (χ4n) is 2.64. The average molecular weight is 328 g/mol. The van der Waals surface area contributed by atoms with Crippen molar-refractivity contribution in [3.63, 3.8) is 0 Å². The van der Waals surface area contributed by atoms with Crippen LogP contribution < -0.4 is 10.9 Å². The van der Waals surface area contributed by atoms with Crippen LogP contribution in [0.2, 0.25) is 0 Å². The van der Waals surface area contributed by atoms with Crippen LogP contribution in [-0.4, -0.2) is 54.0 Å². The van der Waals surface area contributed by atoms with Crippen LogP contribution in [0.1, 0.15) is 30.3 Å². The maximum Gasteiger partial charge on any atom is 0.271 e. The summed E-state index contributed by atoms with van der Waals surface area (Å²) in [5.41, 5.74) is -0.280. The van der Waals surface area contributed by atoms with Crippen molar-refractivity contribution in [1.29, 1.82) is 0 Å². The van der Waals surface area contributed by atoms with Crippen molar-refractivity contribution in [3.05, 3.63) is 28.4 Å². The molecule has 1 aromatic rings. The van der Waals surface area contributed by atoms with Gasteiger partial charge in [0.1, 0.15) is 5.69 Å².